The quantitative estimate of drug-likeness (QED) is 0.526. The molecule has 0 fully saturated rings. The summed E-state index contributed by atoms with van der Waals surface area (Å²) in [5.41, 5.74) is 0.686. The number of carbonyl (C=O) groups excluding carboxylic acids is 1. The molecule has 0 radical (unpaired) electrons. The molecule has 13 heavy (non-hydrogen) atoms. The van der Waals surface area contributed by atoms with E-state index in [0.29, 0.717) is 18.6 Å². The predicted octanol–water partition coefficient (Wildman–Crippen LogP) is 1.19. The molecule has 1 N–H and O–H groups in total. The lowest BCUT2D eigenvalue weighted by Gasteiger charge is -2.10. The zero-order valence-electron chi connectivity index (χ0n) is 7.91. The zero-order chi connectivity index (χ0) is 9.84. The first-order valence-electron chi connectivity index (χ1n) is 4.41. The lowest BCUT2D eigenvalue weighted by atomic mass is 10.2. The summed E-state index contributed by atoms with van der Waals surface area (Å²) in [5, 5.41) is 6.96. The second-order valence-corrected chi connectivity index (χ2v) is 3.30. The van der Waals surface area contributed by atoms with Crippen LogP contribution in [0.5, 0.6) is 0 Å². The Kier molecular flexibility index (Phi) is 3.17. The van der Waals surface area contributed by atoms with Crippen molar-refractivity contribution in [1.82, 2.24) is 0 Å². The Morgan fingerprint density at radius 1 is 1.77 bits per heavy atom. The van der Waals surface area contributed by atoms with Gasteiger partial charge in [-0.15, -0.1) is 0 Å². The number of nitrogens with one attached hydrogen (secondary N) is 1. The Morgan fingerprint density at radius 3 is 2.92 bits per heavy atom. The number of esters is 1. The van der Waals surface area contributed by atoms with Crippen LogP contribution < -0.4 is 0 Å². The monoisotopic (exact) mass is 182 g/mol. The van der Waals surface area contributed by atoms with Crippen molar-refractivity contribution in [2.45, 2.75) is 38.8 Å². The number of hydrogen-bond acceptors (Lipinski definition) is 4. The molecular formula is C9H14N2O2. The summed E-state index contributed by atoms with van der Waals surface area (Å²) in [6, 6.07) is -0.376. The van der Waals surface area contributed by atoms with E-state index in [1.807, 2.05) is 13.8 Å². The Bertz CT molecular complexity index is 246. The molecule has 72 valence electrons. The first-order valence-corrected chi connectivity index (χ1v) is 4.41. The minimum atomic E-state index is -0.376. The van der Waals surface area contributed by atoms with E-state index in [1.54, 1.807) is 0 Å². The molecule has 1 rings (SSSR count). The van der Waals surface area contributed by atoms with E-state index < -0.39 is 0 Å². The maximum Gasteiger partial charge on any atom is 0.331 e. The fourth-order valence-corrected chi connectivity index (χ4v) is 1.20. The van der Waals surface area contributed by atoms with Crippen molar-refractivity contribution in [3.05, 3.63) is 0 Å². The molecule has 0 aromatic heterocycles. The highest BCUT2D eigenvalue weighted by Crippen LogP contribution is 2.14. The van der Waals surface area contributed by atoms with Gasteiger partial charge in [-0.3, -0.25) is 4.99 Å². The largest absolute Gasteiger partial charge is 0.461 e. The van der Waals surface area contributed by atoms with Crippen molar-refractivity contribution in [2.75, 3.05) is 0 Å². The minimum absolute atomic E-state index is 0.0910. The minimum Gasteiger partial charge on any atom is -0.461 e. The molecule has 0 aromatic rings. The summed E-state index contributed by atoms with van der Waals surface area (Å²) in [5.74, 6) is -0.271. The van der Waals surface area contributed by atoms with E-state index in [-0.39, 0.29) is 18.1 Å². The summed E-state index contributed by atoms with van der Waals surface area (Å²) in [6.45, 7) is 3.63. The molecule has 4 nitrogen and oxygen atoms in total. The third-order valence-corrected chi connectivity index (χ3v) is 1.79. The number of rotatable bonds is 3. The van der Waals surface area contributed by atoms with Gasteiger partial charge in [0.1, 0.15) is 6.04 Å². The van der Waals surface area contributed by atoms with E-state index in [0.717, 1.165) is 0 Å². The van der Waals surface area contributed by atoms with Crippen LogP contribution in [0.3, 0.4) is 0 Å². The van der Waals surface area contributed by atoms with Crippen LogP contribution in [0.15, 0.2) is 4.99 Å². The molecular weight excluding hydrogens is 168 g/mol. The van der Waals surface area contributed by atoms with Gasteiger partial charge in [0.2, 0.25) is 0 Å². The van der Waals surface area contributed by atoms with Crippen LogP contribution >= 0.6 is 0 Å². The third kappa shape index (κ3) is 2.65. The highest BCUT2D eigenvalue weighted by atomic mass is 16.5. The van der Waals surface area contributed by atoms with Crippen LogP contribution in [0.1, 0.15) is 26.7 Å². The van der Waals surface area contributed by atoms with E-state index in [1.165, 1.54) is 6.21 Å². The molecule has 0 aliphatic carbocycles. The molecule has 1 atom stereocenters. The molecule has 0 aromatic carbocycles. The van der Waals surface area contributed by atoms with E-state index in [2.05, 4.69) is 4.99 Å². The number of ether oxygens (including phenoxy) is 1. The van der Waals surface area contributed by atoms with Crippen molar-refractivity contribution in [1.29, 1.82) is 5.41 Å². The molecule has 0 bridgehead atoms. The fourth-order valence-electron chi connectivity index (χ4n) is 1.20. The molecule has 1 aliphatic rings. The van der Waals surface area contributed by atoms with Gasteiger partial charge in [-0.2, -0.15) is 0 Å². The second kappa shape index (κ2) is 4.16. The second-order valence-electron chi connectivity index (χ2n) is 3.30. The fraction of sp³-hybridized carbons (Fsp3) is 0.667. The van der Waals surface area contributed by atoms with Crippen molar-refractivity contribution >= 4 is 17.9 Å². The highest BCUT2D eigenvalue weighted by molar-refractivity contribution is 6.30. The summed E-state index contributed by atoms with van der Waals surface area (Å²) in [6.07, 6.45) is 2.49. The maximum atomic E-state index is 11.3. The van der Waals surface area contributed by atoms with Gasteiger partial charge in [-0.05, 0) is 26.7 Å². The molecule has 0 saturated heterocycles. The smallest absolute Gasteiger partial charge is 0.331 e. The van der Waals surface area contributed by atoms with Crippen molar-refractivity contribution in [2.24, 2.45) is 4.99 Å². The van der Waals surface area contributed by atoms with Gasteiger partial charge >= 0.3 is 5.97 Å². The van der Waals surface area contributed by atoms with Gasteiger partial charge in [0.05, 0.1) is 11.8 Å². The Balaban J connectivity index is 2.50. The van der Waals surface area contributed by atoms with Crippen molar-refractivity contribution in [3.63, 3.8) is 0 Å². The molecule has 0 saturated carbocycles. The van der Waals surface area contributed by atoms with Gasteiger partial charge < -0.3 is 10.1 Å². The van der Waals surface area contributed by atoms with Gasteiger partial charge in [0.15, 0.2) is 0 Å². The summed E-state index contributed by atoms with van der Waals surface area (Å²) in [4.78, 5) is 15.4. The Hall–Kier alpha value is -1.19. The third-order valence-electron chi connectivity index (χ3n) is 1.79. The standard InChI is InChI=1S/C9H14N2O2/c1-6(2)13-9(12)8-4-3-7(5-10)11-8/h5-6,8,10H,3-4H2,1-2H3/t8-/m0/s1. The zero-order valence-corrected chi connectivity index (χ0v) is 7.91. The molecule has 1 aliphatic heterocycles. The van der Waals surface area contributed by atoms with Crippen LogP contribution in [0, 0.1) is 5.41 Å². The summed E-state index contributed by atoms with van der Waals surface area (Å²) < 4.78 is 5.01. The van der Waals surface area contributed by atoms with Gasteiger partial charge in [-0.1, -0.05) is 0 Å². The number of hydrogen-bond donors (Lipinski definition) is 1. The average molecular weight is 182 g/mol. The molecule has 4 heteroatoms. The van der Waals surface area contributed by atoms with Gasteiger partial charge in [0.25, 0.3) is 0 Å². The Labute approximate surface area is 77.5 Å². The van der Waals surface area contributed by atoms with E-state index >= 15 is 0 Å². The lowest BCUT2D eigenvalue weighted by Crippen LogP contribution is -2.22. The van der Waals surface area contributed by atoms with Gasteiger partial charge in [-0.25, -0.2) is 4.79 Å². The summed E-state index contributed by atoms with van der Waals surface area (Å²) >= 11 is 0. The van der Waals surface area contributed by atoms with Crippen molar-refractivity contribution in [3.8, 4) is 0 Å². The Morgan fingerprint density at radius 2 is 2.46 bits per heavy atom. The van der Waals surface area contributed by atoms with E-state index in [9.17, 15) is 4.79 Å². The van der Waals surface area contributed by atoms with Crippen molar-refractivity contribution < 1.29 is 9.53 Å². The summed E-state index contributed by atoms with van der Waals surface area (Å²) in [7, 11) is 0. The SMILES string of the molecule is CC(C)OC(=O)[C@@H]1CCC(C=N)=N1. The predicted molar refractivity (Wildman–Crippen MR) is 50.5 cm³/mol. The van der Waals surface area contributed by atoms with Crippen LogP contribution in [0.25, 0.3) is 0 Å². The average Bonchev–Trinajstić information content (AvgIpc) is 2.50. The van der Waals surface area contributed by atoms with Gasteiger partial charge in [0, 0.05) is 6.21 Å². The molecule has 0 amide bonds. The molecule has 1 heterocycles. The van der Waals surface area contributed by atoms with Crippen LogP contribution in [-0.4, -0.2) is 30.0 Å². The highest BCUT2D eigenvalue weighted by Gasteiger charge is 2.25. The first kappa shape index (κ1) is 9.89. The number of nitrogens with zero attached hydrogens (tertiary/aromatic N) is 1. The van der Waals surface area contributed by atoms with Crippen LogP contribution in [0.4, 0.5) is 0 Å². The lowest BCUT2D eigenvalue weighted by molar-refractivity contribution is -0.148. The topological polar surface area (TPSA) is 62.5 Å². The molecule has 0 unspecified atom stereocenters. The van der Waals surface area contributed by atoms with Crippen LogP contribution in [0.2, 0.25) is 0 Å². The van der Waals surface area contributed by atoms with Crippen LogP contribution in [-0.2, 0) is 9.53 Å². The normalized spacial score (nSPS) is 21.5. The molecule has 0 spiro atoms. The number of carbonyl (C=O) groups is 1. The maximum absolute atomic E-state index is 11.3. The van der Waals surface area contributed by atoms with E-state index in [4.69, 9.17) is 10.1 Å². The first-order chi connectivity index (χ1) is 6.13. The number of aliphatic imine (C=N–C) groups is 1.